The minimum absolute atomic E-state index is 0.0350. The highest BCUT2D eigenvalue weighted by Crippen LogP contribution is 2.18. The third-order valence-corrected chi connectivity index (χ3v) is 3.67. The van der Waals surface area contributed by atoms with Crippen LogP contribution in [0.3, 0.4) is 0 Å². The van der Waals surface area contributed by atoms with Crippen molar-refractivity contribution >= 4 is 17.5 Å². The number of hydrogen-bond donors (Lipinski definition) is 1. The molecular formula is C16H22N2O3. The standard InChI is InChI=1S/C16H22N2O3/c1-12-7-9-18(10-8-12)16(20)11-21-15-5-3-14(4-6-15)17-13(2)19/h3-6,12H,7-11H2,1-2H3,(H,17,19). The summed E-state index contributed by atoms with van der Waals surface area (Å²) in [4.78, 5) is 24.8. The van der Waals surface area contributed by atoms with Gasteiger partial charge in [0.2, 0.25) is 5.91 Å². The van der Waals surface area contributed by atoms with Gasteiger partial charge in [0.1, 0.15) is 5.75 Å². The number of amides is 2. The molecule has 1 heterocycles. The highest BCUT2D eigenvalue weighted by Gasteiger charge is 2.20. The van der Waals surface area contributed by atoms with Crippen LogP contribution in [0.4, 0.5) is 5.69 Å². The molecule has 2 amide bonds. The van der Waals surface area contributed by atoms with E-state index in [-0.39, 0.29) is 18.4 Å². The number of nitrogens with one attached hydrogen (secondary N) is 1. The number of benzene rings is 1. The van der Waals surface area contributed by atoms with Crippen molar-refractivity contribution in [3.05, 3.63) is 24.3 Å². The molecule has 1 fully saturated rings. The SMILES string of the molecule is CC(=O)Nc1ccc(OCC(=O)N2CCC(C)CC2)cc1. The number of anilines is 1. The van der Waals surface area contributed by atoms with Crippen molar-refractivity contribution in [3.63, 3.8) is 0 Å². The molecule has 0 radical (unpaired) electrons. The third-order valence-electron chi connectivity index (χ3n) is 3.67. The number of ether oxygens (including phenoxy) is 1. The van der Waals surface area contributed by atoms with Crippen LogP contribution in [0.2, 0.25) is 0 Å². The molecule has 1 aromatic carbocycles. The first-order valence-corrected chi connectivity index (χ1v) is 7.33. The lowest BCUT2D eigenvalue weighted by atomic mass is 9.99. The van der Waals surface area contributed by atoms with Gasteiger partial charge in [-0.05, 0) is 43.0 Å². The summed E-state index contributed by atoms with van der Waals surface area (Å²) in [5.74, 6) is 1.25. The van der Waals surface area contributed by atoms with Crippen LogP contribution in [0.1, 0.15) is 26.7 Å². The first-order valence-electron chi connectivity index (χ1n) is 7.33. The minimum Gasteiger partial charge on any atom is -0.484 e. The Kier molecular flexibility index (Phi) is 5.20. The predicted molar refractivity (Wildman–Crippen MR) is 81.2 cm³/mol. The summed E-state index contributed by atoms with van der Waals surface area (Å²) in [6, 6.07) is 7.00. The van der Waals surface area contributed by atoms with Crippen molar-refractivity contribution in [2.45, 2.75) is 26.7 Å². The number of nitrogens with zero attached hydrogens (tertiary/aromatic N) is 1. The zero-order chi connectivity index (χ0) is 15.2. The van der Waals surface area contributed by atoms with Gasteiger partial charge in [0, 0.05) is 25.7 Å². The molecule has 1 aliphatic rings. The van der Waals surface area contributed by atoms with E-state index in [0.717, 1.165) is 25.9 Å². The number of carbonyl (C=O) groups excluding carboxylic acids is 2. The smallest absolute Gasteiger partial charge is 0.260 e. The van der Waals surface area contributed by atoms with Gasteiger partial charge in [0.05, 0.1) is 0 Å². The van der Waals surface area contributed by atoms with Gasteiger partial charge in [-0.25, -0.2) is 0 Å². The highest BCUT2D eigenvalue weighted by molar-refractivity contribution is 5.88. The van der Waals surface area contributed by atoms with Crippen LogP contribution in [0.25, 0.3) is 0 Å². The second-order valence-corrected chi connectivity index (χ2v) is 5.56. The van der Waals surface area contributed by atoms with E-state index in [1.54, 1.807) is 24.3 Å². The monoisotopic (exact) mass is 290 g/mol. The van der Waals surface area contributed by atoms with Crippen LogP contribution >= 0.6 is 0 Å². The quantitative estimate of drug-likeness (QED) is 0.925. The van der Waals surface area contributed by atoms with Gasteiger partial charge in [0.15, 0.2) is 6.61 Å². The molecule has 1 aromatic rings. The zero-order valence-electron chi connectivity index (χ0n) is 12.6. The molecule has 1 saturated heterocycles. The number of hydrogen-bond acceptors (Lipinski definition) is 3. The van der Waals surface area contributed by atoms with Crippen molar-refractivity contribution in [1.82, 2.24) is 4.90 Å². The van der Waals surface area contributed by atoms with Crippen molar-refractivity contribution < 1.29 is 14.3 Å². The first-order chi connectivity index (χ1) is 10.0. The molecule has 0 aromatic heterocycles. The van der Waals surface area contributed by atoms with Crippen molar-refractivity contribution in [2.24, 2.45) is 5.92 Å². The summed E-state index contributed by atoms with van der Waals surface area (Å²) in [5.41, 5.74) is 0.714. The summed E-state index contributed by atoms with van der Waals surface area (Å²) in [7, 11) is 0. The number of carbonyl (C=O) groups is 2. The lowest BCUT2D eigenvalue weighted by Crippen LogP contribution is -2.40. The van der Waals surface area contributed by atoms with Gasteiger partial charge >= 0.3 is 0 Å². The van der Waals surface area contributed by atoms with Gasteiger partial charge < -0.3 is 15.0 Å². The molecule has 0 atom stereocenters. The van der Waals surface area contributed by atoms with E-state index in [4.69, 9.17) is 4.74 Å². The molecule has 0 aliphatic carbocycles. The second-order valence-electron chi connectivity index (χ2n) is 5.56. The molecule has 0 bridgehead atoms. The molecule has 5 heteroatoms. The maximum Gasteiger partial charge on any atom is 0.260 e. The second kappa shape index (κ2) is 7.11. The van der Waals surface area contributed by atoms with Gasteiger partial charge in [-0.2, -0.15) is 0 Å². The fourth-order valence-corrected chi connectivity index (χ4v) is 2.33. The van der Waals surface area contributed by atoms with Gasteiger partial charge in [0.25, 0.3) is 5.91 Å². The Morgan fingerprint density at radius 2 is 1.86 bits per heavy atom. The van der Waals surface area contributed by atoms with Gasteiger partial charge in [-0.3, -0.25) is 9.59 Å². The fraction of sp³-hybridized carbons (Fsp3) is 0.500. The normalized spacial score (nSPS) is 15.6. The Hall–Kier alpha value is -2.04. The van der Waals surface area contributed by atoms with Crippen LogP contribution < -0.4 is 10.1 Å². The van der Waals surface area contributed by atoms with Crippen LogP contribution in [0.15, 0.2) is 24.3 Å². The average Bonchev–Trinajstić information content (AvgIpc) is 2.46. The highest BCUT2D eigenvalue weighted by atomic mass is 16.5. The number of piperidine rings is 1. The Balaban J connectivity index is 1.79. The summed E-state index contributed by atoms with van der Waals surface area (Å²) >= 11 is 0. The van der Waals surface area contributed by atoms with Crippen molar-refractivity contribution in [2.75, 3.05) is 25.0 Å². The molecule has 0 unspecified atom stereocenters. The van der Waals surface area contributed by atoms with E-state index in [1.165, 1.54) is 6.92 Å². The number of likely N-dealkylation sites (tertiary alicyclic amines) is 1. The topological polar surface area (TPSA) is 58.6 Å². The maximum absolute atomic E-state index is 12.0. The molecule has 1 N–H and O–H groups in total. The van der Waals surface area contributed by atoms with E-state index < -0.39 is 0 Å². The van der Waals surface area contributed by atoms with Crippen molar-refractivity contribution in [1.29, 1.82) is 0 Å². The van der Waals surface area contributed by atoms with Crippen molar-refractivity contribution in [3.8, 4) is 5.75 Å². The van der Waals surface area contributed by atoms with E-state index in [0.29, 0.717) is 17.4 Å². The summed E-state index contributed by atoms with van der Waals surface area (Å²) < 4.78 is 5.50. The lowest BCUT2D eigenvalue weighted by Gasteiger charge is -2.30. The van der Waals surface area contributed by atoms with Crippen LogP contribution in [0, 0.1) is 5.92 Å². The third kappa shape index (κ3) is 4.77. The molecule has 2 rings (SSSR count). The van der Waals surface area contributed by atoms with Crippen LogP contribution in [-0.2, 0) is 9.59 Å². The summed E-state index contributed by atoms with van der Waals surface area (Å²) in [5, 5.41) is 2.68. The Bertz CT molecular complexity index is 491. The molecule has 21 heavy (non-hydrogen) atoms. The molecule has 0 saturated carbocycles. The number of rotatable bonds is 4. The van der Waals surface area contributed by atoms with E-state index >= 15 is 0 Å². The maximum atomic E-state index is 12.0. The van der Waals surface area contributed by atoms with E-state index in [9.17, 15) is 9.59 Å². The Morgan fingerprint density at radius 1 is 1.24 bits per heavy atom. The van der Waals surface area contributed by atoms with E-state index in [2.05, 4.69) is 12.2 Å². The first kappa shape index (κ1) is 15.4. The largest absolute Gasteiger partial charge is 0.484 e. The summed E-state index contributed by atoms with van der Waals surface area (Å²) in [6.07, 6.45) is 2.13. The molecular weight excluding hydrogens is 268 g/mol. The molecule has 114 valence electrons. The molecule has 5 nitrogen and oxygen atoms in total. The van der Waals surface area contributed by atoms with Crippen LogP contribution in [-0.4, -0.2) is 36.4 Å². The minimum atomic E-state index is -0.113. The average molecular weight is 290 g/mol. The van der Waals surface area contributed by atoms with E-state index in [1.807, 2.05) is 4.90 Å². The van der Waals surface area contributed by atoms with Crippen LogP contribution in [0.5, 0.6) is 5.75 Å². The Labute approximate surface area is 125 Å². The van der Waals surface area contributed by atoms with Gasteiger partial charge in [-0.15, -0.1) is 0 Å². The fourth-order valence-electron chi connectivity index (χ4n) is 2.33. The Morgan fingerprint density at radius 3 is 2.43 bits per heavy atom. The molecule has 0 spiro atoms. The van der Waals surface area contributed by atoms with Gasteiger partial charge in [-0.1, -0.05) is 6.92 Å². The molecule has 1 aliphatic heterocycles. The lowest BCUT2D eigenvalue weighted by molar-refractivity contribution is -0.134. The summed E-state index contributed by atoms with van der Waals surface area (Å²) in [6.45, 7) is 5.39. The predicted octanol–water partition coefficient (Wildman–Crippen LogP) is 2.28. The zero-order valence-corrected chi connectivity index (χ0v) is 12.6.